The van der Waals surface area contributed by atoms with Crippen molar-refractivity contribution in [1.29, 1.82) is 0 Å². The summed E-state index contributed by atoms with van der Waals surface area (Å²) in [6.07, 6.45) is 0.612. The molecule has 7 heteroatoms. The fraction of sp³-hybridized carbons (Fsp3) is 0.727. The Morgan fingerprint density at radius 2 is 2.22 bits per heavy atom. The minimum absolute atomic E-state index is 0.0493. The van der Waals surface area contributed by atoms with Crippen LogP contribution in [0.1, 0.15) is 23.7 Å². The van der Waals surface area contributed by atoms with Crippen LogP contribution < -0.4 is 10.5 Å². The summed E-state index contributed by atoms with van der Waals surface area (Å²) in [5.41, 5.74) is 7.83. The third-order valence-corrected chi connectivity index (χ3v) is 5.31. The van der Waals surface area contributed by atoms with E-state index in [1.54, 1.807) is 18.8 Å². The number of ether oxygens (including phenoxy) is 1. The minimum atomic E-state index is -2.92. The number of aromatic nitrogens is 2. The van der Waals surface area contributed by atoms with Crippen LogP contribution in [-0.4, -0.2) is 36.8 Å². The molecule has 0 radical (unpaired) electrons. The lowest BCUT2D eigenvalue weighted by Crippen LogP contribution is -2.23. The molecule has 0 bridgehead atoms. The number of nitrogens with two attached hydrogens (primary N) is 1. The number of sulfone groups is 1. The first-order chi connectivity index (χ1) is 8.35. The van der Waals surface area contributed by atoms with Gasteiger partial charge in [0.05, 0.1) is 29.9 Å². The molecule has 2 atom stereocenters. The van der Waals surface area contributed by atoms with Crippen molar-refractivity contribution >= 4 is 9.84 Å². The van der Waals surface area contributed by atoms with E-state index in [1.807, 2.05) is 6.92 Å². The SMILES string of the molecule is COc1c(C(N)C2CCS(=O)(=O)C2)c(C)nn1C. The molecule has 1 aromatic heterocycles. The number of rotatable bonds is 3. The lowest BCUT2D eigenvalue weighted by Gasteiger charge is -2.18. The maximum atomic E-state index is 11.5. The summed E-state index contributed by atoms with van der Waals surface area (Å²) in [5.74, 6) is 0.953. The number of hydrogen-bond acceptors (Lipinski definition) is 5. The highest BCUT2D eigenvalue weighted by Crippen LogP contribution is 2.35. The van der Waals surface area contributed by atoms with Crippen molar-refractivity contribution in [1.82, 2.24) is 9.78 Å². The Morgan fingerprint density at radius 1 is 1.56 bits per heavy atom. The second-order valence-corrected chi connectivity index (χ2v) is 7.05. The average molecular weight is 273 g/mol. The average Bonchev–Trinajstić information content (AvgIpc) is 2.77. The number of aryl methyl sites for hydroxylation is 2. The Kier molecular flexibility index (Phi) is 3.37. The van der Waals surface area contributed by atoms with Gasteiger partial charge in [-0.1, -0.05) is 0 Å². The molecule has 2 heterocycles. The highest BCUT2D eigenvalue weighted by atomic mass is 32.2. The zero-order chi connectivity index (χ0) is 13.5. The fourth-order valence-electron chi connectivity index (χ4n) is 2.62. The van der Waals surface area contributed by atoms with Crippen LogP contribution >= 0.6 is 0 Å². The van der Waals surface area contributed by atoms with Crippen LogP contribution in [-0.2, 0) is 16.9 Å². The molecule has 1 saturated heterocycles. The highest BCUT2D eigenvalue weighted by molar-refractivity contribution is 7.91. The molecule has 2 unspecified atom stereocenters. The molecule has 18 heavy (non-hydrogen) atoms. The molecular formula is C11H19N3O3S. The normalized spacial score (nSPS) is 24.1. The number of nitrogens with zero attached hydrogens (tertiary/aromatic N) is 2. The van der Waals surface area contributed by atoms with Gasteiger partial charge < -0.3 is 10.5 Å². The smallest absolute Gasteiger partial charge is 0.216 e. The van der Waals surface area contributed by atoms with Gasteiger partial charge in [0, 0.05) is 13.1 Å². The van der Waals surface area contributed by atoms with Crippen LogP contribution in [0.3, 0.4) is 0 Å². The Hall–Kier alpha value is -1.08. The Balaban J connectivity index is 2.32. The summed E-state index contributed by atoms with van der Waals surface area (Å²) in [6, 6.07) is -0.342. The standard InChI is InChI=1S/C11H19N3O3S/c1-7-9(11(17-3)14(2)13-7)10(12)8-4-5-18(15,16)6-8/h8,10H,4-6,12H2,1-3H3. The Labute approximate surface area is 107 Å². The van der Waals surface area contributed by atoms with Crippen LogP contribution in [0.25, 0.3) is 0 Å². The molecule has 1 aromatic rings. The van der Waals surface area contributed by atoms with E-state index in [0.29, 0.717) is 12.3 Å². The van der Waals surface area contributed by atoms with Gasteiger partial charge in [0.15, 0.2) is 9.84 Å². The minimum Gasteiger partial charge on any atom is -0.481 e. The van der Waals surface area contributed by atoms with Crippen molar-refractivity contribution in [3.05, 3.63) is 11.3 Å². The Bertz CT molecular complexity index is 550. The molecule has 0 saturated carbocycles. The van der Waals surface area contributed by atoms with Gasteiger partial charge in [-0.15, -0.1) is 0 Å². The first-order valence-corrected chi connectivity index (χ1v) is 7.71. The highest BCUT2D eigenvalue weighted by Gasteiger charge is 2.35. The van der Waals surface area contributed by atoms with Gasteiger partial charge in [-0.25, -0.2) is 13.1 Å². The first kappa shape index (κ1) is 13.4. The van der Waals surface area contributed by atoms with Crippen LogP contribution in [0.4, 0.5) is 0 Å². The molecule has 0 aliphatic carbocycles. The zero-order valence-corrected chi connectivity index (χ0v) is 11.7. The largest absolute Gasteiger partial charge is 0.481 e. The molecule has 2 rings (SSSR count). The van der Waals surface area contributed by atoms with Crippen molar-refractivity contribution in [2.75, 3.05) is 18.6 Å². The predicted octanol–water partition coefficient (Wildman–Crippen LogP) is 0.172. The summed E-state index contributed by atoms with van der Waals surface area (Å²) in [5, 5.41) is 4.27. The maximum Gasteiger partial charge on any atom is 0.216 e. The van der Waals surface area contributed by atoms with Crippen molar-refractivity contribution in [2.24, 2.45) is 18.7 Å². The van der Waals surface area contributed by atoms with Crippen molar-refractivity contribution < 1.29 is 13.2 Å². The molecule has 0 spiro atoms. The molecule has 6 nitrogen and oxygen atoms in total. The maximum absolute atomic E-state index is 11.5. The molecular weight excluding hydrogens is 254 g/mol. The predicted molar refractivity (Wildman–Crippen MR) is 68.2 cm³/mol. The van der Waals surface area contributed by atoms with E-state index in [4.69, 9.17) is 10.5 Å². The van der Waals surface area contributed by atoms with E-state index in [9.17, 15) is 8.42 Å². The summed E-state index contributed by atoms with van der Waals surface area (Å²) in [6.45, 7) is 1.86. The van der Waals surface area contributed by atoms with Gasteiger partial charge in [-0.2, -0.15) is 5.10 Å². The van der Waals surface area contributed by atoms with Gasteiger partial charge in [-0.3, -0.25) is 0 Å². The summed E-state index contributed by atoms with van der Waals surface area (Å²) in [7, 11) is 0.431. The summed E-state index contributed by atoms with van der Waals surface area (Å²) >= 11 is 0. The quantitative estimate of drug-likeness (QED) is 0.848. The molecule has 2 N–H and O–H groups in total. The Morgan fingerprint density at radius 3 is 2.72 bits per heavy atom. The van der Waals surface area contributed by atoms with Gasteiger partial charge in [0.1, 0.15) is 0 Å². The van der Waals surface area contributed by atoms with Crippen molar-refractivity contribution in [2.45, 2.75) is 19.4 Å². The molecule has 1 aliphatic heterocycles. The third-order valence-electron chi connectivity index (χ3n) is 3.52. The second kappa shape index (κ2) is 4.55. The third kappa shape index (κ3) is 2.24. The van der Waals surface area contributed by atoms with Gasteiger partial charge in [-0.05, 0) is 19.3 Å². The molecule has 1 aliphatic rings. The van der Waals surface area contributed by atoms with E-state index >= 15 is 0 Å². The van der Waals surface area contributed by atoms with Crippen molar-refractivity contribution in [3.63, 3.8) is 0 Å². The monoisotopic (exact) mass is 273 g/mol. The van der Waals surface area contributed by atoms with E-state index in [0.717, 1.165) is 11.3 Å². The topological polar surface area (TPSA) is 87.2 Å². The van der Waals surface area contributed by atoms with Crippen LogP contribution in [0.2, 0.25) is 0 Å². The van der Waals surface area contributed by atoms with E-state index < -0.39 is 9.84 Å². The van der Waals surface area contributed by atoms with Crippen LogP contribution in [0.15, 0.2) is 0 Å². The fourth-order valence-corrected chi connectivity index (χ4v) is 4.48. The number of hydrogen-bond donors (Lipinski definition) is 1. The second-order valence-electron chi connectivity index (χ2n) is 4.82. The van der Waals surface area contributed by atoms with E-state index in [2.05, 4.69) is 5.10 Å². The van der Waals surface area contributed by atoms with Crippen LogP contribution in [0, 0.1) is 12.8 Å². The van der Waals surface area contributed by atoms with Gasteiger partial charge >= 0.3 is 0 Å². The molecule has 0 aromatic carbocycles. The lowest BCUT2D eigenvalue weighted by atomic mass is 9.93. The molecule has 1 fully saturated rings. The summed E-state index contributed by atoms with van der Waals surface area (Å²) in [4.78, 5) is 0. The zero-order valence-electron chi connectivity index (χ0n) is 10.9. The van der Waals surface area contributed by atoms with Gasteiger partial charge in [0.2, 0.25) is 5.88 Å². The number of methoxy groups -OCH3 is 1. The molecule has 0 amide bonds. The summed E-state index contributed by atoms with van der Waals surface area (Å²) < 4.78 is 30.0. The lowest BCUT2D eigenvalue weighted by molar-refractivity contribution is 0.359. The first-order valence-electron chi connectivity index (χ1n) is 5.89. The van der Waals surface area contributed by atoms with Gasteiger partial charge in [0.25, 0.3) is 0 Å². The van der Waals surface area contributed by atoms with Crippen molar-refractivity contribution in [3.8, 4) is 5.88 Å². The molecule has 102 valence electrons. The van der Waals surface area contributed by atoms with E-state index in [-0.39, 0.29) is 23.5 Å². The van der Waals surface area contributed by atoms with Crippen LogP contribution in [0.5, 0.6) is 5.88 Å². The van der Waals surface area contributed by atoms with E-state index in [1.165, 1.54) is 0 Å².